The zero-order valence-electron chi connectivity index (χ0n) is 10.8. The summed E-state index contributed by atoms with van der Waals surface area (Å²) in [5.74, 6) is 0.773. The van der Waals surface area contributed by atoms with Gasteiger partial charge in [0.25, 0.3) is 0 Å². The van der Waals surface area contributed by atoms with Gasteiger partial charge < -0.3 is 16.0 Å². The summed E-state index contributed by atoms with van der Waals surface area (Å²) in [4.78, 5) is 6.55. The monoisotopic (exact) mass is 222 g/mol. The van der Waals surface area contributed by atoms with Crippen LogP contribution in [0.5, 0.6) is 0 Å². The molecule has 0 amide bonds. The van der Waals surface area contributed by atoms with Gasteiger partial charge in [0.15, 0.2) is 0 Å². The highest BCUT2D eigenvalue weighted by Gasteiger charge is 2.20. The molecule has 4 heteroatoms. The summed E-state index contributed by atoms with van der Waals surface area (Å²) in [5.41, 5.74) is 7.59. The van der Waals surface area contributed by atoms with Gasteiger partial charge in [0.1, 0.15) is 5.82 Å². The Morgan fingerprint density at radius 3 is 2.56 bits per heavy atom. The molecule has 1 rings (SSSR count). The van der Waals surface area contributed by atoms with Crippen LogP contribution in [0.1, 0.15) is 19.5 Å². The van der Waals surface area contributed by atoms with Crippen LogP contribution in [0.3, 0.4) is 0 Å². The van der Waals surface area contributed by atoms with Crippen LogP contribution in [0.4, 0.5) is 11.5 Å². The van der Waals surface area contributed by atoms with Crippen molar-refractivity contribution in [2.45, 2.75) is 26.3 Å². The number of pyridine rings is 1. The van der Waals surface area contributed by atoms with Crippen LogP contribution in [-0.2, 0) is 0 Å². The van der Waals surface area contributed by atoms with Gasteiger partial charge in [0.05, 0.1) is 5.69 Å². The summed E-state index contributed by atoms with van der Waals surface area (Å²) in [6.45, 7) is 7.11. The molecule has 0 saturated carbocycles. The molecule has 0 unspecified atom stereocenters. The first-order chi connectivity index (χ1) is 7.33. The van der Waals surface area contributed by atoms with E-state index in [1.54, 1.807) is 0 Å². The van der Waals surface area contributed by atoms with Crippen LogP contribution < -0.4 is 11.1 Å². The summed E-state index contributed by atoms with van der Waals surface area (Å²) >= 11 is 0. The van der Waals surface area contributed by atoms with Crippen molar-refractivity contribution in [3.63, 3.8) is 0 Å². The Balaban J connectivity index is 2.71. The molecule has 3 N–H and O–H groups in total. The first-order valence-corrected chi connectivity index (χ1v) is 5.47. The molecule has 0 bridgehead atoms. The van der Waals surface area contributed by atoms with Gasteiger partial charge in [-0.3, -0.25) is 0 Å². The summed E-state index contributed by atoms with van der Waals surface area (Å²) in [6, 6.07) is 3.80. The van der Waals surface area contributed by atoms with Crippen molar-refractivity contribution in [2.75, 3.05) is 31.7 Å². The minimum absolute atomic E-state index is 0.0673. The molecular weight excluding hydrogens is 200 g/mol. The molecule has 0 aliphatic rings. The number of nitrogens with zero attached hydrogens (tertiary/aromatic N) is 2. The maximum Gasteiger partial charge on any atom is 0.149 e. The summed E-state index contributed by atoms with van der Waals surface area (Å²) < 4.78 is 0. The molecule has 0 aromatic carbocycles. The van der Waals surface area contributed by atoms with Crippen LogP contribution in [0.15, 0.2) is 12.1 Å². The van der Waals surface area contributed by atoms with Crippen molar-refractivity contribution in [2.24, 2.45) is 0 Å². The highest BCUT2D eigenvalue weighted by molar-refractivity contribution is 5.61. The number of nitrogens with one attached hydrogen (secondary N) is 1. The molecular formula is C12H22N4. The number of hydrogen-bond donors (Lipinski definition) is 2. The van der Waals surface area contributed by atoms with E-state index in [0.717, 1.165) is 18.1 Å². The third-order valence-corrected chi connectivity index (χ3v) is 2.96. The maximum atomic E-state index is 5.86. The van der Waals surface area contributed by atoms with Crippen LogP contribution in [0, 0.1) is 6.92 Å². The molecule has 0 aliphatic carbocycles. The topological polar surface area (TPSA) is 54.2 Å². The second-order valence-corrected chi connectivity index (χ2v) is 4.95. The molecule has 0 spiro atoms. The number of nitrogens with two attached hydrogens (primary N) is 1. The standard InChI is InChI=1S/C12H22N4/c1-9-6-7-10(13)11(15-9)14-8-12(2,3)16(4)5/h6-7H,8,13H2,1-5H3,(H,14,15). The molecule has 0 atom stereocenters. The van der Waals surface area contributed by atoms with E-state index >= 15 is 0 Å². The van der Waals surface area contributed by atoms with Gasteiger partial charge in [-0.2, -0.15) is 0 Å². The molecule has 16 heavy (non-hydrogen) atoms. The number of nitrogen functional groups attached to an aromatic ring is 1. The van der Waals surface area contributed by atoms with Crippen LogP contribution in [0.25, 0.3) is 0 Å². The second kappa shape index (κ2) is 4.70. The van der Waals surface area contributed by atoms with Crippen molar-refractivity contribution in [1.82, 2.24) is 9.88 Å². The van der Waals surface area contributed by atoms with Crippen molar-refractivity contribution in [3.8, 4) is 0 Å². The molecule has 4 nitrogen and oxygen atoms in total. The lowest BCUT2D eigenvalue weighted by molar-refractivity contribution is 0.210. The number of hydrogen-bond acceptors (Lipinski definition) is 4. The van der Waals surface area contributed by atoms with E-state index < -0.39 is 0 Å². The average Bonchev–Trinajstić information content (AvgIpc) is 2.19. The first kappa shape index (κ1) is 12.8. The highest BCUT2D eigenvalue weighted by atomic mass is 15.2. The lowest BCUT2D eigenvalue weighted by Crippen LogP contribution is -2.44. The largest absolute Gasteiger partial charge is 0.396 e. The van der Waals surface area contributed by atoms with Crippen molar-refractivity contribution < 1.29 is 0 Å². The Kier molecular flexibility index (Phi) is 3.75. The van der Waals surface area contributed by atoms with Gasteiger partial charge in [-0.15, -0.1) is 0 Å². The van der Waals surface area contributed by atoms with Crippen molar-refractivity contribution in [3.05, 3.63) is 17.8 Å². The van der Waals surface area contributed by atoms with Crippen molar-refractivity contribution in [1.29, 1.82) is 0 Å². The Morgan fingerprint density at radius 2 is 2.00 bits per heavy atom. The lowest BCUT2D eigenvalue weighted by Gasteiger charge is -2.33. The highest BCUT2D eigenvalue weighted by Crippen LogP contribution is 2.17. The molecule has 0 radical (unpaired) electrons. The minimum atomic E-state index is 0.0673. The summed E-state index contributed by atoms with van der Waals surface area (Å²) in [6.07, 6.45) is 0. The summed E-state index contributed by atoms with van der Waals surface area (Å²) in [7, 11) is 4.13. The average molecular weight is 222 g/mol. The van der Waals surface area contributed by atoms with E-state index in [9.17, 15) is 0 Å². The van der Waals surface area contributed by atoms with E-state index in [0.29, 0.717) is 5.69 Å². The van der Waals surface area contributed by atoms with Gasteiger partial charge in [-0.1, -0.05) is 0 Å². The molecule has 90 valence electrons. The fourth-order valence-electron chi connectivity index (χ4n) is 1.17. The van der Waals surface area contributed by atoms with Gasteiger partial charge >= 0.3 is 0 Å². The first-order valence-electron chi connectivity index (χ1n) is 5.47. The smallest absolute Gasteiger partial charge is 0.149 e. The predicted molar refractivity (Wildman–Crippen MR) is 69.6 cm³/mol. The van der Waals surface area contributed by atoms with Gasteiger partial charge in [-0.05, 0) is 47.0 Å². The molecule has 0 saturated heterocycles. The van der Waals surface area contributed by atoms with Crippen molar-refractivity contribution >= 4 is 11.5 Å². The normalized spacial score (nSPS) is 11.9. The Hall–Kier alpha value is -1.29. The Labute approximate surface area is 97.9 Å². The quantitative estimate of drug-likeness (QED) is 0.814. The zero-order valence-corrected chi connectivity index (χ0v) is 10.8. The van der Waals surface area contributed by atoms with E-state index in [-0.39, 0.29) is 5.54 Å². The number of aromatic nitrogens is 1. The summed E-state index contributed by atoms with van der Waals surface area (Å²) in [5, 5.41) is 3.30. The number of rotatable bonds is 4. The molecule has 1 aromatic heterocycles. The van der Waals surface area contributed by atoms with Crippen LogP contribution >= 0.6 is 0 Å². The lowest BCUT2D eigenvalue weighted by atomic mass is 10.0. The van der Waals surface area contributed by atoms with E-state index in [1.807, 2.05) is 19.1 Å². The molecule has 0 fully saturated rings. The van der Waals surface area contributed by atoms with Crippen LogP contribution in [-0.4, -0.2) is 36.1 Å². The van der Waals surface area contributed by atoms with Gasteiger partial charge in [0, 0.05) is 17.8 Å². The van der Waals surface area contributed by atoms with E-state index in [4.69, 9.17) is 5.73 Å². The molecule has 0 aliphatic heterocycles. The predicted octanol–water partition coefficient (Wildman–Crippen LogP) is 1.72. The fraction of sp³-hybridized carbons (Fsp3) is 0.583. The number of anilines is 2. The molecule has 1 heterocycles. The third-order valence-electron chi connectivity index (χ3n) is 2.96. The van der Waals surface area contributed by atoms with Gasteiger partial charge in [-0.25, -0.2) is 4.98 Å². The number of aryl methyl sites for hydroxylation is 1. The maximum absolute atomic E-state index is 5.86. The Bertz CT molecular complexity index is 358. The van der Waals surface area contributed by atoms with E-state index in [2.05, 4.69) is 43.1 Å². The zero-order chi connectivity index (χ0) is 12.3. The van der Waals surface area contributed by atoms with Gasteiger partial charge in [0.2, 0.25) is 0 Å². The molecule has 1 aromatic rings. The third kappa shape index (κ3) is 3.10. The van der Waals surface area contributed by atoms with Crippen LogP contribution in [0.2, 0.25) is 0 Å². The SMILES string of the molecule is Cc1ccc(N)c(NCC(C)(C)N(C)C)n1. The fourth-order valence-corrected chi connectivity index (χ4v) is 1.17. The van der Waals surface area contributed by atoms with E-state index in [1.165, 1.54) is 0 Å². The minimum Gasteiger partial charge on any atom is -0.396 e. The second-order valence-electron chi connectivity index (χ2n) is 4.95. The Morgan fingerprint density at radius 1 is 1.38 bits per heavy atom. The number of likely N-dealkylation sites (N-methyl/N-ethyl adjacent to an activating group) is 1.